The molecule has 0 spiro atoms. The molecule has 0 saturated carbocycles. The number of carbonyl (C=O) groups excluding carboxylic acids is 1. The maximum Gasteiger partial charge on any atom is 0.321 e. The number of anilines is 1. The first-order valence-electron chi connectivity index (χ1n) is 8.17. The zero-order valence-corrected chi connectivity index (χ0v) is 14.5. The maximum atomic E-state index is 12.3. The van der Waals surface area contributed by atoms with Crippen LogP contribution < -0.4 is 10.1 Å². The van der Waals surface area contributed by atoms with E-state index in [2.05, 4.69) is 5.32 Å². The van der Waals surface area contributed by atoms with Gasteiger partial charge in [0.1, 0.15) is 5.75 Å². The molecule has 0 aliphatic carbocycles. The molecule has 6 heteroatoms. The standard InChI is InChI=1S/C17H25ClN2O3/c1-3-10-23-16-5-4-14(11-15(16)18)19-17(22)20-8-6-13(7-9-20)12(2)21/h4-5,11-13,21H,3,6-10H2,1-2H3,(H,19,22). The number of amides is 2. The normalized spacial score (nSPS) is 17.0. The fourth-order valence-corrected chi connectivity index (χ4v) is 2.93. The third kappa shape index (κ3) is 5.01. The van der Waals surface area contributed by atoms with Crippen LogP contribution in [0.15, 0.2) is 18.2 Å². The van der Waals surface area contributed by atoms with Gasteiger partial charge in [0.2, 0.25) is 0 Å². The first kappa shape index (κ1) is 17.9. The number of hydrogen-bond donors (Lipinski definition) is 2. The molecule has 0 radical (unpaired) electrons. The maximum absolute atomic E-state index is 12.3. The van der Waals surface area contributed by atoms with E-state index in [0.29, 0.717) is 36.2 Å². The molecule has 0 aromatic heterocycles. The van der Waals surface area contributed by atoms with Crippen LogP contribution in [0, 0.1) is 5.92 Å². The Bertz CT molecular complexity index is 529. The number of hydrogen-bond acceptors (Lipinski definition) is 3. The number of nitrogens with zero attached hydrogens (tertiary/aromatic N) is 1. The summed E-state index contributed by atoms with van der Waals surface area (Å²) in [5.74, 6) is 0.910. The van der Waals surface area contributed by atoms with Crippen molar-refractivity contribution in [3.63, 3.8) is 0 Å². The summed E-state index contributed by atoms with van der Waals surface area (Å²) in [6.45, 7) is 5.77. The van der Waals surface area contributed by atoms with E-state index in [4.69, 9.17) is 16.3 Å². The second kappa shape index (κ2) is 8.41. The molecule has 1 unspecified atom stereocenters. The molecule has 128 valence electrons. The average Bonchev–Trinajstić information content (AvgIpc) is 2.54. The number of carbonyl (C=O) groups is 1. The minimum absolute atomic E-state index is 0.132. The quantitative estimate of drug-likeness (QED) is 0.858. The van der Waals surface area contributed by atoms with E-state index in [1.165, 1.54) is 0 Å². The molecule has 2 amide bonds. The van der Waals surface area contributed by atoms with Crippen LogP contribution in [0.4, 0.5) is 10.5 Å². The Kier molecular flexibility index (Phi) is 6.54. The minimum atomic E-state index is -0.310. The fourth-order valence-electron chi connectivity index (χ4n) is 2.70. The Morgan fingerprint density at radius 3 is 2.74 bits per heavy atom. The van der Waals surface area contributed by atoms with Crippen molar-refractivity contribution in [3.8, 4) is 5.75 Å². The summed E-state index contributed by atoms with van der Waals surface area (Å²) in [7, 11) is 0. The summed E-state index contributed by atoms with van der Waals surface area (Å²) >= 11 is 6.17. The van der Waals surface area contributed by atoms with Crippen LogP contribution in [0.2, 0.25) is 5.02 Å². The van der Waals surface area contributed by atoms with Crippen molar-refractivity contribution >= 4 is 23.3 Å². The van der Waals surface area contributed by atoms with E-state index in [-0.39, 0.29) is 18.1 Å². The summed E-state index contributed by atoms with van der Waals surface area (Å²) in [5.41, 5.74) is 0.654. The lowest BCUT2D eigenvalue weighted by molar-refractivity contribution is 0.0820. The third-order valence-electron chi connectivity index (χ3n) is 4.15. The van der Waals surface area contributed by atoms with Gasteiger partial charge < -0.3 is 20.1 Å². The predicted octanol–water partition coefficient (Wildman–Crippen LogP) is 3.75. The number of likely N-dealkylation sites (tertiary alicyclic amines) is 1. The second-order valence-electron chi connectivity index (χ2n) is 5.99. The average molecular weight is 341 g/mol. The number of aliphatic hydroxyl groups excluding tert-OH is 1. The van der Waals surface area contributed by atoms with E-state index < -0.39 is 0 Å². The van der Waals surface area contributed by atoms with Gasteiger partial charge in [0.15, 0.2) is 0 Å². The van der Waals surface area contributed by atoms with Gasteiger partial charge in [-0.3, -0.25) is 0 Å². The molecule has 1 aliphatic heterocycles. The number of urea groups is 1. The Labute approximate surface area is 142 Å². The summed E-state index contributed by atoms with van der Waals surface area (Å²) in [4.78, 5) is 14.1. The van der Waals surface area contributed by atoms with Crippen LogP contribution in [0.25, 0.3) is 0 Å². The van der Waals surface area contributed by atoms with Gasteiger partial charge in [-0.15, -0.1) is 0 Å². The van der Waals surface area contributed by atoms with E-state index in [1.54, 1.807) is 23.1 Å². The Morgan fingerprint density at radius 2 is 2.17 bits per heavy atom. The second-order valence-corrected chi connectivity index (χ2v) is 6.40. The van der Waals surface area contributed by atoms with Gasteiger partial charge in [0.25, 0.3) is 0 Å². The molecule has 1 heterocycles. The van der Waals surface area contributed by atoms with Gasteiger partial charge in [0, 0.05) is 18.8 Å². The van der Waals surface area contributed by atoms with Crippen LogP contribution >= 0.6 is 11.6 Å². The minimum Gasteiger partial charge on any atom is -0.492 e. The molecule has 23 heavy (non-hydrogen) atoms. The lowest BCUT2D eigenvalue weighted by Crippen LogP contribution is -2.42. The Hall–Kier alpha value is -1.46. The molecule has 2 rings (SSSR count). The Morgan fingerprint density at radius 1 is 1.48 bits per heavy atom. The first-order chi connectivity index (χ1) is 11.0. The van der Waals surface area contributed by atoms with Gasteiger partial charge in [-0.2, -0.15) is 0 Å². The van der Waals surface area contributed by atoms with Crippen molar-refractivity contribution in [3.05, 3.63) is 23.2 Å². The molecule has 2 N–H and O–H groups in total. The lowest BCUT2D eigenvalue weighted by Gasteiger charge is -2.33. The summed E-state index contributed by atoms with van der Waals surface area (Å²) < 4.78 is 5.52. The number of piperidine rings is 1. The number of halogens is 1. The number of ether oxygens (including phenoxy) is 1. The zero-order chi connectivity index (χ0) is 16.8. The lowest BCUT2D eigenvalue weighted by atomic mass is 9.92. The Balaban J connectivity index is 1.89. The van der Waals surface area contributed by atoms with Crippen molar-refractivity contribution in [2.75, 3.05) is 25.0 Å². The van der Waals surface area contributed by atoms with Crippen molar-refractivity contribution in [1.82, 2.24) is 4.90 Å². The zero-order valence-electron chi connectivity index (χ0n) is 13.7. The van der Waals surface area contributed by atoms with Crippen LogP contribution in [0.3, 0.4) is 0 Å². The molecule has 1 fully saturated rings. The largest absolute Gasteiger partial charge is 0.492 e. The highest BCUT2D eigenvalue weighted by atomic mass is 35.5. The monoisotopic (exact) mass is 340 g/mol. The predicted molar refractivity (Wildman–Crippen MR) is 92.2 cm³/mol. The highest BCUT2D eigenvalue weighted by molar-refractivity contribution is 6.32. The first-order valence-corrected chi connectivity index (χ1v) is 8.55. The van der Waals surface area contributed by atoms with Gasteiger partial charge >= 0.3 is 6.03 Å². The van der Waals surface area contributed by atoms with Crippen LogP contribution in [-0.2, 0) is 0 Å². The van der Waals surface area contributed by atoms with Crippen LogP contribution in [0.1, 0.15) is 33.1 Å². The molecule has 5 nitrogen and oxygen atoms in total. The molecule has 1 aliphatic rings. The van der Waals surface area contributed by atoms with Crippen molar-refractivity contribution < 1.29 is 14.6 Å². The van der Waals surface area contributed by atoms with Gasteiger partial charge in [-0.05, 0) is 50.3 Å². The molecule has 1 atom stereocenters. The van der Waals surface area contributed by atoms with E-state index >= 15 is 0 Å². The van der Waals surface area contributed by atoms with Gasteiger partial charge in [-0.1, -0.05) is 18.5 Å². The molecular weight excluding hydrogens is 316 g/mol. The number of aliphatic hydroxyl groups is 1. The smallest absolute Gasteiger partial charge is 0.321 e. The van der Waals surface area contributed by atoms with Crippen LogP contribution in [0.5, 0.6) is 5.75 Å². The van der Waals surface area contributed by atoms with Crippen molar-refractivity contribution in [2.24, 2.45) is 5.92 Å². The third-order valence-corrected chi connectivity index (χ3v) is 4.45. The van der Waals surface area contributed by atoms with E-state index in [1.807, 2.05) is 13.8 Å². The van der Waals surface area contributed by atoms with E-state index in [9.17, 15) is 9.90 Å². The molecule has 1 saturated heterocycles. The SMILES string of the molecule is CCCOc1ccc(NC(=O)N2CCC(C(C)O)CC2)cc1Cl. The number of nitrogens with one attached hydrogen (secondary N) is 1. The van der Waals surface area contributed by atoms with Gasteiger partial charge in [-0.25, -0.2) is 4.79 Å². The number of rotatable bonds is 5. The fraction of sp³-hybridized carbons (Fsp3) is 0.588. The molecule has 1 aromatic rings. The summed E-state index contributed by atoms with van der Waals surface area (Å²) in [6, 6.07) is 5.13. The van der Waals surface area contributed by atoms with Crippen molar-refractivity contribution in [1.29, 1.82) is 0 Å². The molecular formula is C17H25ClN2O3. The van der Waals surface area contributed by atoms with Gasteiger partial charge in [0.05, 0.1) is 17.7 Å². The molecule has 1 aromatic carbocycles. The topological polar surface area (TPSA) is 61.8 Å². The summed E-state index contributed by atoms with van der Waals surface area (Å²) in [5, 5.41) is 13.0. The highest BCUT2D eigenvalue weighted by Crippen LogP contribution is 2.28. The highest BCUT2D eigenvalue weighted by Gasteiger charge is 2.25. The number of benzene rings is 1. The van der Waals surface area contributed by atoms with Crippen LogP contribution in [-0.4, -0.2) is 41.8 Å². The molecule has 0 bridgehead atoms. The van der Waals surface area contributed by atoms with Crippen molar-refractivity contribution in [2.45, 2.75) is 39.2 Å². The summed E-state index contributed by atoms with van der Waals surface area (Å²) in [6.07, 6.45) is 2.26. The van der Waals surface area contributed by atoms with E-state index in [0.717, 1.165) is 19.3 Å².